The molecule has 1 aliphatic rings. The zero-order valence-corrected chi connectivity index (χ0v) is 12.7. The molecule has 1 aromatic heterocycles. The van der Waals surface area contributed by atoms with Gasteiger partial charge in [-0.2, -0.15) is 0 Å². The lowest BCUT2D eigenvalue weighted by Gasteiger charge is -2.15. The highest BCUT2D eigenvalue weighted by Crippen LogP contribution is 2.44. The Hall–Kier alpha value is -2.22. The molecule has 1 heterocycles. The fraction of sp³-hybridized carbons (Fsp3) is 0.263. The van der Waals surface area contributed by atoms with Crippen molar-refractivity contribution >= 4 is 10.9 Å². The number of nitrogens with zero attached hydrogens (tertiary/aromatic N) is 1. The van der Waals surface area contributed by atoms with Gasteiger partial charge in [0.15, 0.2) is 0 Å². The third kappa shape index (κ3) is 1.65. The fourth-order valence-corrected chi connectivity index (χ4v) is 3.59. The van der Waals surface area contributed by atoms with Crippen LogP contribution in [0.1, 0.15) is 31.0 Å². The second-order valence-corrected chi connectivity index (χ2v) is 6.01. The molecular formula is C19H19NO. The zero-order valence-electron chi connectivity index (χ0n) is 12.7. The quantitative estimate of drug-likeness (QED) is 0.513. The highest BCUT2D eigenvalue weighted by atomic mass is 16.5. The van der Waals surface area contributed by atoms with E-state index in [0.717, 1.165) is 12.2 Å². The van der Waals surface area contributed by atoms with Gasteiger partial charge in [0.25, 0.3) is 0 Å². The minimum Gasteiger partial charge on any atom is -0.497 e. The lowest BCUT2D eigenvalue weighted by atomic mass is 10.1. The van der Waals surface area contributed by atoms with Crippen molar-refractivity contribution in [2.45, 2.75) is 26.3 Å². The molecule has 0 amide bonds. The van der Waals surface area contributed by atoms with Gasteiger partial charge in [0.2, 0.25) is 0 Å². The number of methoxy groups -OCH3 is 1. The molecule has 21 heavy (non-hydrogen) atoms. The van der Waals surface area contributed by atoms with Gasteiger partial charge < -0.3 is 9.30 Å². The summed E-state index contributed by atoms with van der Waals surface area (Å²) in [4.78, 5) is 0. The molecule has 2 aromatic carbocycles. The van der Waals surface area contributed by atoms with Gasteiger partial charge in [-0.25, -0.2) is 0 Å². The summed E-state index contributed by atoms with van der Waals surface area (Å²) in [6.45, 7) is 4.51. The number of fused-ring (bicyclic) bond motifs is 5. The van der Waals surface area contributed by atoms with Crippen LogP contribution in [0.15, 0.2) is 42.5 Å². The van der Waals surface area contributed by atoms with Crippen LogP contribution in [0, 0.1) is 0 Å². The first kappa shape index (κ1) is 12.5. The highest BCUT2D eigenvalue weighted by Gasteiger charge is 2.27. The van der Waals surface area contributed by atoms with E-state index in [-0.39, 0.29) is 0 Å². The standard InChI is InChI=1S/C19H19NO/c1-12(2)20-18-9-8-14(21-3)11-16(18)17-10-13-6-4-5-7-15(13)19(17)20/h4-9,11-12H,10H2,1-3H3. The average Bonchev–Trinajstić information content (AvgIpc) is 3.01. The van der Waals surface area contributed by atoms with E-state index in [2.05, 4.69) is 60.9 Å². The summed E-state index contributed by atoms with van der Waals surface area (Å²) in [5, 5.41) is 1.33. The number of ether oxygens (including phenoxy) is 1. The summed E-state index contributed by atoms with van der Waals surface area (Å²) < 4.78 is 7.89. The van der Waals surface area contributed by atoms with E-state index in [1.54, 1.807) is 7.11 Å². The van der Waals surface area contributed by atoms with Crippen molar-refractivity contribution in [3.8, 4) is 17.0 Å². The summed E-state index contributed by atoms with van der Waals surface area (Å²) >= 11 is 0. The minimum atomic E-state index is 0.441. The molecule has 0 bridgehead atoms. The number of benzene rings is 2. The normalized spacial score (nSPS) is 12.8. The molecule has 0 saturated carbocycles. The van der Waals surface area contributed by atoms with Crippen molar-refractivity contribution in [3.63, 3.8) is 0 Å². The van der Waals surface area contributed by atoms with E-state index >= 15 is 0 Å². The van der Waals surface area contributed by atoms with Crippen LogP contribution in [0.4, 0.5) is 0 Å². The van der Waals surface area contributed by atoms with Gasteiger partial charge in [0.1, 0.15) is 5.75 Å². The summed E-state index contributed by atoms with van der Waals surface area (Å²) in [6.07, 6.45) is 1.02. The Morgan fingerprint density at radius 3 is 2.67 bits per heavy atom. The van der Waals surface area contributed by atoms with Crippen LogP contribution in [0.5, 0.6) is 5.75 Å². The molecular weight excluding hydrogens is 258 g/mol. The van der Waals surface area contributed by atoms with Crippen molar-refractivity contribution in [1.82, 2.24) is 4.57 Å². The van der Waals surface area contributed by atoms with Gasteiger partial charge in [0, 0.05) is 28.9 Å². The first-order valence-corrected chi connectivity index (χ1v) is 7.49. The molecule has 4 rings (SSSR count). The van der Waals surface area contributed by atoms with Crippen LogP contribution < -0.4 is 4.74 Å². The monoisotopic (exact) mass is 277 g/mol. The van der Waals surface area contributed by atoms with E-state index in [4.69, 9.17) is 4.74 Å². The second kappa shape index (κ2) is 4.39. The Morgan fingerprint density at radius 1 is 1.10 bits per heavy atom. The molecule has 0 saturated heterocycles. The van der Waals surface area contributed by atoms with Gasteiger partial charge in [0.05, 0.1) is 12.8 Å². The smallest absolute Gasteiger partial charge is 0.119 e. The van der Waals surface area contributed by atoms with Crippen LogP contribution in [-0.2, 0) is 6.42 Å². The van der Waals surface area contributed by atoms with Crippen LogP contribution in [0.2, 0.25) is 0 Å². The first-order chi connectivity index (χ1) is 10.2. The summed E-state index contributed by atoms with van der Waals surface area (Å²) in [5.41, 5.74) is 6.96. The lowest BCUT2D eigenvalue weighted by molar-refractivity contribution is 0.415. The Labute approximate surface area is 125 Å². The molecule has 0 fully saturated rings. The van der Waals surface area contributed by atoms with Gasteiger partial charge in [-0.05, 0) is 43.2 Å². The molecule has 0 unspecified atom stereocenters. The highest BCUT2D eigenvalue weighted by molar-refractivity contribution is 5.96. The van der Waals surface area contributed by atoms with E-state index in [9.17, 15) is 0 Å². The Bertz CT molecular complexity index is 842. The topological polar surface area (TPSA) is 14.2 Å². The van der Waals surface area contributed by atoms with Crippen molar-refractivity contribution < 1.29 is 4.74 Å². The van der Waals surface area contributed by atoms with Gasteiger partial charge in [-0.3, -0.25) is 0 Å². The maximum absolute atomic E-state index is 5.42. The molecule has 2 nitrogen and oxygen atoms in total. The molecule has 2 heteroatoms. The molecule has 3 aromatic rings. The van der Waals surface area contributed by atoms with Crippen molar-refractivity contribution in [2.24, 2.45) is 0 Å². The van der Waals surface area contributed by atoms with Crippen molar-refractivity contribution in [2.75, 3.05) is 7.11 Å². The Kier molecular flexibility index (Phi) is 2.61. The van der Waals surface area contributed by atoms with Crippen LogP contribution in [0.3, 0.4) is 0 Å². The molecule has 0 radical (unpaired) electrons. The Balaban J connectivity index is 2.11. The maximum Gasteiger partial charge on any atom is 0.119 e. The van der Waals surface area contributed by atoms with Crippen molar-refractivity contribution in [3.05, 3.63) is 53.6 Å². The average molecular weight is 277 g/mol. The summed E-state index contributed by atoms with van der Waals surface area (Å²) in [7, 11) is 1.73. The summed E-state index contributed by atoms with van der Waals surface area (Å²) in [5.74, 6) is 0.933. The van der Waals surface area contributed by atoms with E-state index < -0.39 is 0 Å². The van der Waals surface area contributed by atoms with Crippen LogP contribution in [-0.4, -0.2) is 11.7 Å². The number of hydrogen-bond acceptors (Lipinski definition) is 1. The molecule has 1 aliphatic carbocycles. The van der Waals surface area contributed by atoms with Gasteiger partial charge in [-0.15, -0.1) is 0 Å². The van der Waals surface area contributed by atoms with Crippen LogP contribution >= 0.6 is 0 Å². The third-order valence-electron chi connectivity index (χ3n) is 4.47. The number of aromatic nitrogens is 1. The molecule has 0 N–H and O–H groups in total. The predicted molar refractivity (Wildman–Crippen MR) is 87.1 cm³/mol. The lowest BCUT2D eigenvalue weighted by Crippen LogP contribution is -2.02. The minimum absolute atomic E-state index is 0.441. The fourth-order valence-electron chi connectivity index (χ4n) is 3.59. The van der Waals surface area contributed by atoms with E-state index in [1.807, 2.05) is 0 Å². The Morgan fingerprint density at radius 2 is 1.90 bits per heavy atom. The van der Waals surface area contributed by atoms with Crippen molar-refractivity contribution in [1.29, 1.82) is 0 Å². The third-order valence-corrected chi connectivity index (χ3v) is 4.47. The van der Waals surface area contributed by atoms with E-state index in [1.165, 1.54) is 33.3 Å². The SMILES string of the molecule is COc1ccc2c(c1)c1c(n2C(C)C)-c2ccccc2C1. The first-order valence-electron chi connectivity index (χ1n) is 7.49. The van der Waals surface area contributed by atoms with Crippen LogP contribution in [0.25, 0.3) is 22.2 Å². The molecule has 0 aliphatic heterocycles. The zero-order chi connectivity index (χ0) is 14.6. The van der Waals surface area contributed by atoms with E-state index in [0.29, 0.717) is 6.04 Å². The largest absolute Gasteiger partial charge is 0.497 e. The summed E-state index contributed by atoms with van der Waals surface area (Å²) in [6, 6.07) is 15.6. The predicted octanol–water partition coefficient (Wildman–Crippen LogP) is 4.80. The van der Waals surface area contributed by atoms with Gasteiger partial charge >= 0.3 is 0 Å². The number of hydrogen-bond donors (Lipinski definition) is 0. The number of rotatable bonds is 2. The molecule has 0 spiro atoms. The maximum atomic E-state index is 5.42. The molecule has 0 atom stereocenters. The molecule has 106 valence electrons. The van der Waals surface area contributed by atoms with Gasteiger partial charge in [-0.1, -0.05) is 24.3 Å². The second-order valence-electron chi connectivity index (χ2n) is 6.01.